The third-order valence-electron chi connectivity index (χ3n) is 6.77. The van der Waals surface area contributed by atoms with Gasteiger partial charge in [0, 0.05) is 42.9 Å². The van der Waals surface area contributed by atoms with E-state index < -0.39 is 6.04 Å². The van der Waals surface area contributed by atoms with E-state index in [1.54, 1.807) is 20.4 Å². The van der Waals surface area contributed by atoms with Crippen molar-refractivity contribution in [2.75, 3.05) is 14.2 Å². The first-order valence-electron chi connectivity index (χ1n) is 11.6. The second-order valence-corrected chi connectivity index (χ2v) is 8.90. The summed E-state index contributed by atoms with van der Waals surface area (Å²) in [7, 11) is 5.16. The van der Waals surface area contributed by atoms with Gasteiger partial charge in [-0.1, -0.05) is 19.3 Å². The maximum Gasteiger partial charge on any atom is 0.253 e. The van der Waals surface area contributed by atoms with Gasteiger partial charge in [-0.25, -0.2) is 4.98 Å². The number of imidazole rings is 1. The standard InChI is InChI=1S/C26H34N4O3/c1-17-13-23(18(2)30(17)20-9-7-6-8-10-20)26(31)28-24(25-27-11-12-29(25)3)19-14-21(32-4)16-22(15-19)33-5/h11-16,20,24H,6-10H2,1-5H3,(H,28,31). The van der Waals surface area contributed by atoms with Crippen LogP contribution in [0, 0.1) is 13.8 Å². The number of carbonyl (C=O) groups is 1. The number of nitrogens with one attached hydrogen (secondary N) is 1. The summed E-state index contributed by atoms with van der Waals surface area (Å²) in [5, 5.41) is 3.23. The van der Waals surface area contributed by atoms with Gasteiger partial charge in [-0.05, 0) is 50.5 Å². The number of rotatable bonds is 7. The Morgan fingerprint density at radius 2 is 1.73 bits per heavy atom. The molecule has 1 unspecified atom stereocenters. The Balaban J connectivity index is 1.70. The molecule has 0 bridgehead atoms. The topological polar surface area (TPSA) is 70.3 Å². The van der Waals surface area contributed by atoms with E-state index in [-0.39, 0.29) is 5.91 Å². The van der Waals surface area contributed by atoms with Crippen LogP contribution in [0.5, 0.6) is 11.5 Å². The van der Waals surface area contributed by atoms with Crippen molar-refractivity contribution in [2.24, 2.45) is 7.05 Å². The number of hydrogen-bond acceptors (Lipinski definition) is 4. The number of benzene rings is 1. The van der Waals surface area contributed by atoms with Crippen LogP contribution < -0.4 is 14.8 Å². The van der Waals surface area contributed by atoms with E-state index in [4.69, 9.17) is 9.47 Å². The van der Waals surface area contributed by atoms with Crippen LogP contribution in [0.4, 0.5) is 0 Å². The molecule has 4 rings (SSSR count). The lowest BCUT2D eigenvalue weighted by Crippen LogP contribution is -2.31. The van der Waals surface area contributed by atoms with Crippen molar-refractivity contribution in [3.05, 3.63) is 65.0 Å². The third-order valence-corrected chi connectivity index (χ3v) is 6.77. The van der Waals surface area contributed by atoms with Crippen LogP contribution in [0.1, 0.15) is 77.3 Å². The van der Waals surface area contributed by atoms with E-state index in [9.17, 15) is 4.79 Å². The number of ether oxygens (including phenoxy) is 2. The lowest BCUT2D eigenvalue weighted by Gasteiger charge is -2.26. The number of hydrogen-bond donors (Lipinski definition) is 1. The predicted octanol–water partition coefficient (Wildman–Crippen LogP) is 4.88. The van der Waals surface area contributed by atoms with Crippen molar-refractivity contribution in [1.82, 2.24) is 19.4 Å². The Morgan fingerprint density at radius 1 is 1.06 bits per heavy atom. The number of methoxy groups -OCH3 is 2. The summed E-state index contributed by atoms with van der Waals surface area (Å²) in [5.41, 5.74) is 3.72. The number of nitrogens with zero attached hydrogens (tertiary/aromatic N) is 3. The van der Waals surface area contributed by atoms with Gasteiger partial charge in [-0.15, -0.1) is 0 Å². The van der Waals surface area contributed by atoms with Gasteiger partial charge in [0.25, 0.3) is 5.91 Å². The quantitative estimate of drug-likeness (QED) is 0.557. The van der Waals surface area contributed by atoms with Crippen molar-refractivity contribution < 1.29 is 14.3 Å². The monoisotopic (exact) mass is 450 g/mol. The highest BCUT2D eigenvalue weighted by Gasteiger charge is 2.27. The SMILES string of the molecule is COc1cc(OC)cc(C(NC(=O)c2cc(C)n(C3CCCCC3)c2C)c2nccn2C)c1. The molecule has 1 N–H and O–H groups in total. The second kappa shape index (κ2) is 9.73. The molecule has 0 spiro atoms. The molecule has 2 heterocycles. The van der Waals surface area contributed by atoms with E-state index in [0.29, 0.717) is 23.1 Å². The van der Waals surface area contributed by atoms with Crippen molar-refractivity contribution in [3.8, 4) is 11.5 Å². The number of aromatic nitrogens is 3. The van der Waals surface area contributed by atoms with Crippen LogP contribution in [0.15, 0.2) is 36.7 Å². The molecule has 1 fully saturated rings. The van der Waals surface area contributed by atoms with Crippen LogP contribution in [0.2, 0.25) is 0 Å². The number of aryl methyl sites for hydroxylation is 2. The fraction of sp³-hybridized carbons (Fsp3) is 0.462. The van der Waals surface area contributed by atoms with Gasteiger partial charge in [-0.2, -0.15) is 0 Å². The predicted molar refractivity (Wildman–Crippen MR) is 128 cm³/mol. The van der Waals surface area contributed by atoms with E-state index in [2.05, 4.69) is 28.7 Å². The maximum atomic E-state index is 13.6. The van der Waals surface area contributed by atoms with Crippen molar-refractivity contribution in [2.45, 2.75) is 58.0 Å². The molecule has 33 heavy (non-hydrogen) atoms. The Morgan fingerprint density at radius 3 is 2.30 bits per heavy atom. The molecule has 0 radical (unpaired) electrons. The Kier molecular flexibility index (Phi) is 6.77. The number of amides is 1. The van der Waals surface area contributed by atoms with Gasteiger partial charge in [0.05, 0.1) is 19.8 Å². The smallest absolute Gasteiger partial charge is 0.253 e. The van der Waals surface area contributed by atoms with Gasteiger partial charge >= 0.3 is 0 Å². The van der Waals surface area contributed by atoms with Gasteiger partial charge < -0.3 is 23.9 Å². The normalized spacial score (nSPS) is 15.3. The first kappa shape index (κ1) is 23.0. The highest BCUT2D eigenvalue weighted by Crippen LogP contribution is 2.33. The minimum Gasteiger partial charge on any atom is -0.497 e. The largest absolute Gasteiger partial charge is 0.497 e. The average molecular weight is 451 g/mol. The highest BCUT2D eigenvalue weighted by molar-refractivity contribution is 5.96. The Hall–Kier alpha value is -3.22. The first-order valence-corrected chi connectivity index (χ1v) is 11.6. The molecule has 0 aliphatic heterocycles. The summed E-state index contributed by atoms with van der Waals surface area (Å²) >= 11 is 0. The van der Waals surface area contributed by atoms with Crippen LogP contribution in [0.3, 0.4) is 0 Å². The molecule has 1 atom stereocenters. The number of carbonyl (C=O) groups excluding carboxylic acids is 1. The fourth-order valence-corrected chi connectivity index (χ4v) is 5.07. The summed E-state index contributed by atoms with van der Waals surface area (Å²) in [4.78, 5) is 18.1. The van der Waals surface area contributed by atoms with Crippen LogP contribution in [-0.2, 0) is 7.05 Å². The van der Waals surface area contributed by atoms with E-state index in [1.807, 2.05) is 42.1 Å². The van der Waals surface area contributed by atoms with Crippen molar-refractivity contribution in [1.29, 1.82) is 0 Å². The summed E-state index contributed by atoms with van der Waals surface area (Å²) in [5.74, 6) is 1.95. The lowest BCUT2D eigenvalue weighted by molar-refractivity contribution is 0.0940. The fourth-order valence-electron chi connectivity index (χ4n) is 5.07. The molecule has 1 saturated carbocycles. The van der Waals surface area contributed by atoms with E-state index in [0.717, 1.165) is 22.8 Å². The summed E-state index contributed by atoms with van der Waals surface area (Å²) in [6.45, 7) is 4.16. The molecular weight excluding hydrogens is 416 g/mol. The zero-order valence-electron chi connectivity index (χ0n) is 20.2. The highest BCUT2D eigenvalue weighted by atomic mass is 16.5. The average Bonchev–Trinajstić information content (AvgIpc) is 3.39. The Bertz CT molecular complexity index is 1100. The zero-order valence-corrected chi connectivity index (χ0v) is 20.2. The first-order chi connectivity index (χ1) is 15.9. The molecule has 1 amide bonds. The molecule has 7 heteroatoms. The minimum absolute atomic E-state index is 0.111. The lowest BCUT2D eigenvalue weighted by atomic mass is 9.95. The van der Waals surface area contributed by atoms with Crippen LogP contribution >= 0.6 is 0 Å². The second-order valence-electron chi connectivity index (χ2n) is 8.90. The zero-order chi connectivity index (χ0) is 23.5. The van der Waals surface area contributed by atoms with E-state index >= 15 is 0 Å². The van der Waals surface area contributed by atoms with Crippen molar-refractivity contribution in [3.63, 3.8) is 0 Å². The molecule has 7 nitrogen and oxygen atoms in total. The molecule has 176 valence electrons. The maximum absolute atomic E-state index is 13.6. The van der Waals surface area contributed by atoms with Gasteiger partial charge in [0.2, 0.25) is 0 Å². The summed E-state index contributed by atoms with van der Waals surface area (Å²) in [6, 6.07) is 7.67. The minimum atomic E-state index is -0.459. The van der Waals surface area contributed by atoms with Gasteiger partial charge in [-0.3, -0.25) is 4.79 Å². The summed E-state index contributed by atoms with van der Waals surface area (Å²) < 4.78 is 15.2. The van der Waals surface area contributed by atoms with Crippen LogP contribution in [0.25, 0.3) is 0 Å². The molecule has 2 aromatic heterocycles. The van der Waals surface area contributed by atoms with E-state index in [1.165, 1.54) is 32.1 Å². The Labute approximate surface area is 195 Å². The van der Waals surface area contributed by atoms with Crippen molar-refractivity contribution >= 4 is 5.91 Å². The third kappa shape index (κ3) is 4.63. The molecule has 0 saturated heterocycles. The molecular formula is C26H34N4O3. The summed E-state index contributed by atoms with van der Waals surface area (Å²) in [6.07, 6.45) is 9.78. The molecule has 1 aliphatic rings. The molecule has 1 aliphatic carbocycles. The molecule has 3 aromatic rings. The van der Waals surface area contributed by atoms with Crippen LogP contribution in [-0.4, -0.2) is 34.2 Å². The molecule has 1 aromatic carbocycles. The van der Waals surface area contributed by atoms with Gasteiger partial charge in [0.15, 0.2) is 0 Å². The van der Waals surface area contributed by atoms with Gasteiger partial charge in [0.1, 0.15) is 23.4 Å².